The number of halogens is 5. The summed E-state index contributed by atoms with van der Waals surface area (Å²) in [5.41, 5.74) is -2.90. The third-order valence-electron chi connectivity index (χ3n) is 3.68. The van der Waals surface area contributed by atoms with Crippen molar-refractivity contribution >= 4 is 17.5 Å². The van der Waals surface area contributed by atoms with Crippen molar-refractivity contribution < 1.29 is 22.0 Å². The van der Waals surface area contributed by atoms with Gasteiger partial charge in [-0.2, -0.15) is 28.5 Å². The van der Waals surface area contributed by atoms with Crippen LogP contribution in [0, 0.1) is 18.3 Å². The maximum absolute atomic E-state index is 13.2. The van der Waals surface area contributed by atoms with Gasteiger partial charge in [0.25, 0.3) is 6.43 Å². The van der Waals surface area contributed by atoms with E-state index >= 15 is 0 Å². The first-order valence-corrected chi connectivity index (χ1v) is 7.18. The van der Waals surface area contributed by atoms with E-state index in [2.05, 4.69) is 25.7 Å². The van der Waals surface area contributed by atoms with Gasteiger partial charge in [0, 0.05) is 13.2 Å². The Labute approximate surface area is 144 Å². The van der Waals surface area contributed by atoms with Crippen LogP contribution in [-0.2, 0) is 11.7 Å². The number of nitriles is 1. The fourth-order valence-electron chi connectivity index (χ4n) is 2.15. The SMILES string of the molecule is CNc1nc(Nc2cnn([C@](C)(C#N)C(F)F)c2C)ncc1C(F)(F)F. The summed E-state index contributed by atoms with van der Waals surface area (Å²) >= 11 is 0. The van der Waals surface area contributed by atoms with Gasteiger partial charge in [-0.3, -0.25) is 0 Å². The van der Waals surface area contributed by atoms with Crippen LogP contribution in [0.3, 0.4) is 0 Å². The van der Waals surface area contributed by atoms with E-state index in [1.54, 1.807) is 0 Å². The van der Waals surface area contributed by atoms with E-state index in [0.29, 0.717) is 6.20 Å². The molecule has 12 heteroatoms. The fourth-order valence-corrected chi connectivity index (χ4v) is 2.15. The van der Waals surface area contributed by atoms with Crippen molar-refractivity contribution in [3.05, 3.63) is 23.7 Å². The summed E-state index contributed by atoms with van der Waals surface area (Å²) in [5.74, 6) is -0.643. The standard InChI is InChI=1S/C14H14F5N7/c1-7-9(5-23-26(7)13(2,6-20)11(15)16)24-12-22-4-8(14(17,18)19)10(21-3)25-12/h4-5,11H,1-3H3,(H2,21,22,24,25)/t13-/m1/s1. The number of hydrogen-bond acceptors (Lipinski definition) is 6. The molecule has 0 fully saturated rings. The predicted octanol–water partition coefficient (Wildman–Crippen LogP) is 3.29. The molecule has 0 bridgehead atoms. The van der Waals surface area contributed by atoms with Gasteiger partial charge in [-0.05, 0) is 13.8 Å². The lowest BCUT2D eigenvalue weighted by atomic mass is 10.1. The average Bonchev–Trinajstić information content (AvgIpc) is 2.94. The minimum atomic E-state index is -4.64. The highest BCUT2D eigenvalue weighted by Gasteiger charge is 2.40. The number of hydrogen-bond donors (Lipinski definition) is 2. The molecule has 0 amide bonds. The zero-order valence-corrected chi connectivity index (χ0v) is 13.9. The fraction of sp³-hybridized carbons (Fsp3) is 0.429. The maximum atomic E-state index is 13.2. The summed E-state index contributed by atoms with van der Waals surface area (Å²) in [6.45, 7) is 2.45. The molecule has 0 spiro atoms. The summed E-state index contributed by atoms with van der Waals surface area (Å²) in [4.78, 5) is 7.30. The van der Waals surface area contributed by atoms with Crippen LogP contribution in [0.4, 0.5) is 39.4 Å². The van der Waals surface area contributed by atoms with Crippen molar-refractivity contribution in [3.8, 4) is 6.07 Å². The number of anilines is 3. The molecule has 2 N–H and O–H groups in total. The van der Waals surface area contributed by atoms with Gasteiger partial charge in [0.1, 0.15) is 11.4 Å². The Morgan fingerprint density at radius 3 is 2.42 bits per heavy atom. The van der Waals surface area contributed by atoms with Crippen molar-refractivity contribution in [2.24, 2.45) is 0 Å². The van der Waals surface area contributed by atoms with E-state index in [1.165, 1.54) is 20.0 Å². The van der Waals surface area contributed by atoms with Crippen LogP contribution in [0.5, 0.6) is 0 Å². The Bertz CT molecular complexity index is 839. The molecule has 2 aromatic rings. The monoisotopic (exact) mass is 375 g/mol. The van der Waals surface area contributed by atoms with Gasteiger partial charge in [-0.25, -0.2) is 18.4 Å². The van der Waals surface area contributed by atoms with Crippen LogP contribution in [0.2, 0.25) is 0 Å². The summed E-state index contributed by atoms with van der Waals surface area (Å²) in [6.07, 6.45) is -5.88. The first-order chi connectivity index (χ1) is 12.0. The van der Waals surface area contributed by atoms with Gasteiger partial charge in [-0.1, -0.05) is 0 Å². The molecule has 2 rings (SSSR count). The number of rotatable bonds is 5. The molecule has 1 atom stereocenters. The molecule has 0 unspecified atom stereocenters. The minimum absolute atomic E-state index is 0.170. The van der Waals surface area contributed by atoms with Crippen molar-refractivity contribution in [2.75, 3.05) is 17.7 Å². The Morgan fingerprint density at radius 2 is 1.92 bits per heavy atom. The molecule has 0 aliphatic carbocycles. The predicted molar refractivity (Wildman–Crippen MR) is 82.1 cm³/mol. The smallest absolute Gasteiger partial charge is 0.372 e. The van der Waals surface area contributed by atoms with E-state index in [-0.39, 0.29) is 17.3 Å². The molecule has 2 heterocycles. The zero-order chi connectivity index (χ0) is 19.7. The molecule has 0 aromatic carbocycles. The molecule has 0 aliphatic heterocycles. The Hall–Kier alpha value is -2.97. The summed E-state index contributed by atoms with van der Waals surface area (Å²) in [5, 5.41) is 17.8. The van der Waals surface area contributed by atoms with Gasteiger partial charge in [0.2, 0.25) is 11.5 Å². The summed E-state index contributed by atoms with van der Waals surface area (Å²) in [7, 11) is 1.27. The van der Waals surface area contributed by atoms with Gasteiger partial charge >= 0.3 is 6.18 Å². The number of aromatic nitrogens is 4. The van der Waals surface area contributed by atoms with E-state index in [1.807, 2.05) is 0 Å². The second kappa shape index (κ2) is 6.74. The maximum Gasteiger partial charge on any atom is 0.421 e. The molecular formula is C14H14F5N7. The summed E-state index contributed by atoms with van der Waals surface area (Å²) < 4.78 is 65.8. The Morgan fingerprint density at radius 1 is 1.27 bits per heavy atom. The summed E-state index contributed by atoms with van der Waals surface area (Å²) in [6, 6.07) is 1.51. The highest BCUT2D eigenvalue weighted by atomic mass is 19.4. The van der Waals surface area contributed by atoms with Crippen molar-refractivity contribution in [2.45, 2.75) is 32.0 Å². The highest BCUT2D eigenvalue weighted by Crippen LogP contribution is 2.34. The van der Waals surface area contributed by atoms with Crippen LogP contribution in [0.1, 0.15) is 18.2 Å². The van der Waals surface area contributed by atoms with E-state index in [0.717, 1.165) is 17.8 Å². The molecular weight excluding hydrogens is 361 g/mol. The van der Waals surface area contributed by atoms with E-state index in [9.17, 15) is 22.0 Å². The number of alkyl halides is 5. The zero-order valence-electron chi connectivity index (χ0n) is 13.9. The Kier molecular flexibility index (Phi) is 5.02. The van der Waals surface area contributed by atoms with E-state index in [4.69, 9.17) is 5.26 Å². The third-order valence-corrected chi connectivity index (χ3v) is 3.68. The molecule has 7 nitrogen and oxygen atoms in total. The van der Waals surface area contributed by atoms with Gasteiger partial charge < -0.3 is 10.6 Å². The van der Waals surface area contributed by atoms with Gasteiger partial charge in [0.05, 0.1) is 23.6 Å². The van der Waals surface area contributed by atoms with Crippen LogP contribution in [-0.4, -0.2) is 33.2 Å². The quantitative estimate of drug-likeness (QED) is 0.780. The van der Waals surface area contributed by atoms with Crippen molar-refractivity contribution in [1.82, 2.24) is 19.7 Å². The van der Waals surface area contributed by atoms with E-state index < -0.39 is 29.5 Å². The number of nitrogens with zero attached hydrogens (tertiary/aromatic N) is 5. The topological polar surface area (TPSA) is 91.5 Å². The molecule has 0 radical (unpaired) electrons. The average molecular weight is 375 g/mol. The Balaban J connectivity index is 2.38. The second-order valence-corrected chi connectivity index (χ2v) is 5.44. The normalized spacial score (nSPS) is 14.0. The molecule has 2 aromatic heterocycles. The van der Waals surface area contributed by atoms with Gasteiger partial charge in [0.15, 0.2) is 0 Å². The first-order valence-electron chi connectivity index (χ1n) is 7.18. The lowest BCUT2D eigenvalue weighted by Crippen LogP contribution is -2.37. The largest absolute Gasteiger partial charge is 0.421 e. The van der Waals surface area contributed by atoms with Crippen molar-refractivity contribution in [1.29, 1.82) is 5.26 Å². The van der Waals surface area contributed by atoms with Crippen LogP contribution in [0.25, 0.3) is 0 Å². The lowest BCUT2D eigenvalue weighted by Gasteiger charge is -2.22. The minimum Gasteiger partial charge on any atom is -0.372 e. The molecule has 0 saturated carbocycles. The molecule has 140 valence electrons. The first kappa shape index (κ1) is 19.4. The van der Waals surface area contributed by atoms with Crippen LogP contribution in [0.15, 0.2) is 12.4 Å². The van der Waals surface area contributed by atoms with Crippen LogP contribution >= 0.6 is 0 Å². The highest BCUT2D eigenvalue weighted by molar-refractivity contribution is 5.58. The molecule has 26 heavy (non-hydrogen) atoms. The van der Waals surface area contributed by atoms with Gasteiger partial charge in [-0.15, -0.1) is 0 Å². The second-order valence-electron chi connectivity index (χ2n) is 5.44. The van der Waals surface area contributed by atoms with Crippen molar-refractivity contribution in [3.63, 3.8) is 0 Å². The number of nitrogens with one attached hydrogen (secondary N) is 2. The molecule has 0 aliphatic rings. The van der Waals surface area contributed by atoms with Crippen LogP contribution < -0.4 is 10.6 Å². The molecule has 0 saturated heterocycles. The lowest BCUT2D eigenvalue weighted by molar-refractivity contribution is -0.137. The third kappa shape index (κ3) is 3.37.